The molecule has 176 valence electrons. The number of aromatic nitrogens is 2. The Balaban J connectivity index is 1.62. The van der Waals surface area contributed by atoms with Crippen molar-refractivity contribution < 1.29 is 9.59 Å². The molecule has 8 nitrogen and oxygen atoms in total. The molecule has 0 spiro atoms. The molecule has 1 aliphatic carbocycles. The van der Waals surface area contributed by atoms with Crippen molar-refractivity contribution in [3.8, 4) is 0 Å². The number of rotatable bonds is 7. The van der Waals surface area contributed by atoms with E-state index in [1.165, 1.54) is 0 Å². The first-order chi connectivity index (χ1) is 16.0. The topological polar surface area (TPSA) is 96.3 Å². The number of nitrogens with zero attached hydrogens (tertiary/aromatic N) is 3. The first-order valence-corrected chi connectivity index (χ1v) is 11.9. The van der Waals surface area contributed by atoms with E-state index in [1.54, 1.807) is 42.0 Å². The van der Waals surface area contributed by atoms with Crippen LogP contribution in [0.1, 0.15) is 50.2 Å². The summed E-state index contributed by atoms with van der Waals surface area (Å²) in [6.45, 7) is 2.63. The van der Waals surface area contributed by atoms with E-state index < -0.39 is 12.1 Å². The Morgan fingerprint density at radius 3 is 2.70 bits per heavy atom. The van der Waals surface area contributed by atoms with E-state index >= 15 is 0 Å². The van der Waals surface area contributed by atoms with E-state index in [0.717, 1.165) is 43.2 Å². The zero-order valence-corrected chi connectivity index (χ0v) is 19.4. The van der Waals surface area contributed by atoms with Crippen molar-refractivity contribution in [1.29, 1.82) is 0 Å². The molecule has 2 aliphatic rings. The number of pyridine rings is 2. The zero-order valence-electron chi connectivity index (χ0n) is 19.4. The molecular weight excluding hydrogens is 418 g/mol. The number of nitrogens with one attached hydrogen (secondary N) is 2. The van der Waals surface area contributed by atoms with Crippen LogP contribution in [0.3, 0.4) is 0 Å². The maximum atomic E-state index is 13.8. The van der Waals surface area contributed by atoms with E-state index in [0.29, 0.717) is 25.2 Å². The minimum Gasteiger partial charge on any atom is -0.343 e. The molecule has 2 atom stereocenters. The number of anilines is 1. The van der Waals surface area contributed by atoms with Crippen LogP contribution >= 0.6 is 0 Å². The van der Waals surface area contributed by atoms with Crippen molar-refractivity contribution in [3.63, 3.8) is 0 Å². The third kappa shape index (κ3) is 5.00. The second-order valence-corrected chi connectivity index (χ2v) is 9.12. The molecule has 2 aromatic heterocycles. The van der Waals surface area contributed by atoms with Gasteiger partial charge in [0.1, 0.15) is 11.7 Å². The van der Waals surface area contributed by atoms with Crippen LogP contribution in [0.4, 0.5) is 5.69 Å². The summed E-state index contributed by atoms with van der Waals surface area (Å²) in [6, 6.07) is 4.68. The largest absolute Gasteiger partial charge is 0.343 e. The lowest BCUT2D eigenvalue weighted by Crippen LogP contribution is -2.56. The molecule has 1 fully saturated rings. The molecule has 0 saturated heterocycles. The second-order valence-electron chi connectivity index (χ2n) is 9.12. The maximum Gasteiger partial charge on any atom is 0.275 e. The molecule has 0 bridgehead atoms. The van der Waals surface area contributed by atoms with Gasteiger partial charge in [0.2, 0.25) is 11.8 Å². The molecule has 1 aliphatic heterocycles. The van der Waals surface area contributed by atoms with Crippen molar-refractivity contribution in [2.24, 2.45) is 5.92 Å². The molecular formula is C25H33N5O3. The van der Waals surface area contributed by atoms with Gasteiger partial charge in [0.25, 0.3) is 5.56 Å². The fourth-order valence-corrected chi connectivity index (χ4v) is 4.89. The Hall–Kier alpha value is -3.00. The minimum absolute atomic E-state index is 0.0876. The van der Waals surface area contributed by atoms with Crippen LogP contribution in [0.2, 0.25) is 0 Å². The highest BCUT2D eigenvalue weighted by Gasteiger charge is 2.38. The highest BCUT2D eigenvalue weighted by atomic mass is 16.2. The van der Waals surface area contributed by atoms with Crippen molar-refractivity contribution in [2.45, 2.75) is 64.1 Å². The summed E-state index contributed by atoms with van der Waals surface area (Å²) < 4.78 is 1.62. The van der Waals surface area contributed by atoms with Crippen molar-refractivity contribution in [2.75, 3.05) is 18.5 Å². The molecule has 2 aromatic rings. The summed E-state index contributed by atoms with van der Waals surface area (Å²) in [5.74, 6) is -0.277. The fraction of sp³-hybridized carbons (Fsp3) is 0.520. The second kappa shape index (κ2) is 10.3. The van der Waals surface area contributed by atoms with Crippen molar-refractivity contribution >= 4 is 17.5 Å². The standard InChI is InChI=1S/C25H33N5O3/c1-17(26-2)23(31)28-21(19-8-4-3-5-9-19)24(32)30-14-11-20-10-13-29(25(33)22(20)30)16-18-7-6-12-27-15-18/h6-7,10,12-13,15,17,19,21,26H,3-5,8-9,11,14,16H2,1-2H3,(H,28,31)/t17-,21-/m0/s1. The number of fused-ring (bicyclic) bond motifs is 1. The van der Waals surface area contributed by atoms with Gasteiger partial charge in [-0.1, -0.05) is 25.3 Å². The fourth-order valence-electron chi connectivity index (χ4n) is 4.89. The Bertz CT molecular complexity index is 1050. The smallest absolute Gasteiger partial charge is 0.275 e. The van der Waals surface area contributed by atoms with Crippen LogP contribution in [0.25, 0.3) is 0 Å². The molecule has 33 heavy (non-hydrogen) atoms. The van der Waals surface area contributed by atoms with Gasteiger partial charge in [0.05, 0.1) is 12.6 Å². The zero-order chi connectivity index (χ0) is 23.4. The van der Waals surface area contributed by atoms with Crippen LogP contribution < -0.4 is 21.1 Å². The first kappa shape index (κ1) is 23.2. The summed E-state index contributed by atoms with van der Waals surface area (Å²) in [4.78, 5) is 45.7. The van der Waals surface area contributed by atoms with Gasteiger partial charge in [-0.3, -0.25) is 19.4 Å². The van der Waals surface area contributed by atoms with Gasteiger partial charge in [0, 0.05) is 25.1 Å². The van der Waals surface area contributed by atoms with Gasteiger partial charge in [0.15, 0.2) is 0 Å². The van der Waals surface area contributed by atoms with Crippen LogP contribution in [-0.4, -0.2) is 47.0 Å². The number of carbonyl (C=O) groups is 2. The number of likely N-dealkylation sites (N-methyl/N-ethyl adjacent to an activating group) is 1. The SMILES string of the molecule is CN[C@@H](C)C(=O)N[C@H](C(=O)N1CCc2ccn(Cc3cccnc3)c(=O)c21)C1CCCCC1. The van der Waals surface area contributed by atoms with E-state index in [2.05, 4.69) is 15.6 Å². The summed E-state index contributed by atoms with van der Waals surface area (Å²) in [5.41, 5.74) is 2.07. The lowest BCUT2D eigenvalue weighted by Gasteiger charge is -2.33. The maximum absolute atomic E-state index is 13.8. The number of hydrogen-bond acceptors (Lipinski definition) is 5. The normalized spacial score (nSPS) is 17.9. The van der Waals surface area contributed by atoms with Crippen LogP contribution in [-0.2, 0) is 22.6 Å². The van der Waals surface area contributed by atoms with Gasteiger partial charge in [-0.05, 0) is 62.4 Å². The molecule has 0 radical (unpaired) electrons. The Morgan fingerprint density at radius 2 is 2.00 bits per heavy atom. The van der Waals surface area contributed by atoms with Crippen molar-refractivity contribution in [1.82, 2.24) is 20.2 Å². The van der Waals surface area contributed by atoms with E-state index in [1.807, 2.05) is 18.2 Å². The molecule has 8 heteroatoms. The number of carbonyl (C=O) groups excluding carboxylic acids is 2. The highest BCUT2D eigenvalue weighted by Crippen LogP contribution is 2.30. The van der Waals surface area contributed by atoms with Crippen molar-refractivity contribution in [3.05, 3.63) is 58.3 Å². The molecule has 3 heterocycles. The number of amides is 2. The Kier molecular flexibility index (Phi) is 7.23. The molecule has 0 aromatic carbocycles. The lowest BCUT2D eigenvalue weighted by atomic mass is 9.83. The highest BCUT2D eigenvalue weighted by molar-refractivity contribution is 6.01. The van der Waals surface area contributed by atoms with Gasteiger partial charge in [-0.25, -0.2) is 0 Å². The average Bonchev–Trinajstić information content (AvgIpc) is 3.29. The molecule has 1 saturated carbocycles. The third-order valence-corrected chi connectivity index (χ3v) is 6.95. The molecule has 2 amide bonds. The monoisotopic (exact) mass is 451 g/mol. The van der Waals surface area contributed by atoms with Crippen LogP contribution in [0.15, 0.2) is 41.6 Å². The lowest BCUT2D eigenvalue weighted by molar-refractivity contribution is -0.130. The van der Waals surface area contributed by atoms with Crippen LogP contribution in [0, 0.1) is 5.92 Å². The minimum atomic E-state index is -0.620. The molecule has 4 rings (SSSR count). The summed E-state index contributed by atoms with van der Waals surface area (Å²) in [7, 11) is 1.73. The Morgan fingerprint density at radius 1 is 1.21 bits per heavy atom. The van der Waals surface area contributed by atoms with E-state index in [4.69, 9.17) is 0 Å². The number of hydrogen-bond donors (Lipinski definition) is 2. The van der Waals surface area contributed by atoms with E-state index in [-0.39, 0.29) is 23.3 Å². The van der Waals surface area contributed by atoms with Crippen LogP contribution in [0.5, 0.6) is 0 Å². The summed E-state index contributed by atoms with van der Waals surface area (Å²) in [5, 5.41) is 5.95. The first-order valence-electron chi connectivity index (χ1n) is 11.9. The summed E-state index contributed by atoms with van der Waals surface area (Å²) in [6.07, 6.45) is 10.9. The third-order valence-electron chi connectivity index (χ3n) is 6.95. The van der Waals surface area contributed by atoms with Gasteiger partial charge >= 0.3 is 0 Å². The Labute approximate surface area is 194 Å². The molecule has 2 N–H and O–H groups in total. The predicted octanol–water partition coefficient (Wildman–Crippen LogP) is 1.85. The quantitative estimate of drug-likeness (QED) is 0.670. The summed E-state index contributed by atoms with van der Waals surface area (Å²) >= 11 is 0. The average molecular weight is 452 g/mol. The molecule has 0 unspecified atom stereocenters. The van der Waals surface area contributed by atoms with E-state index in [9.17, 15) is 14.4 Å². The van der Waals surface area contributed by atoms with Gasteiger partial charge in [-0.15, -0.1) is 0 Å². The predicted molar refractivity (Wildman–Crippen MR) is 127 cm³/mol. The van der Waals surface area contributed by atoms with Gasteiger partial charge in [-0.2, -0.15) is 0 Å². The van der Waals surface area contributed by atoms with Gasteiger partial charge < -0.3 is 20.1 Å².